The monoisotopic (exact) mass is 352 g/mol. The number of rotatable bonds is 3. The van der Waals surface area contributed by atoms with Gasteiger partial charge < -0.3 is 4.90 Å². The van der Waals surface area contributed by atoms with E-state index in [1.165, 1.54) is 31.3 Å². The summed E-state index contributed by atoms with van der Waals surface area (Å²) in [7, 11) is 1.85. The molecule has 0 bridgehead atoms. The van der Waals surface area contributed by atoms with E-state index in [2.05, 4.69) is 55.6 Å². The zero-order chi connectivity index (χ0) is 17.6. The minimum Gasteiger partial charge on any atom is -0.333 e. The van der Waals surface area contributed by atoms with Gasteiger partial charge in [-0.25, -0.2) is 0 Å². The summed E-state index contributed by atoms with van der Waals surface area (Å²) < 4.78 is 2.65. The van der Waals surface area contributed by atoms with Crippen LogP contribution < -0.4 is 5.32 Å². The molecule has 1 saturated heterocycles. The number of nitrogens with zero attached hydrogens (tertiary/aromatic N) is 1. The Balaban J connectivity index is 1.82. The lowest BCUT2D eigenvalue weighted by Crippen LogP contribution is -2.54. The molecule has 130 valence electrons. The highest BCUT2D eigenvalue weighted by Gasteiger charge is 2.35. The van der Waals surface area contributed by atoms with Gasteiger partial charge in [-0.3, -0.25) is 10.1 Å². The predicted octanol–water partition coefficient (Wildman–Crippen LogP) is 4.63. The van der Waals surface area contributed by atoms with E-state index in [-0.39, 0.29) is 11.4 Å². The van der Waals surface area contributed by atoms with Gasteiger partial charge in [0.1, 0.15) is 0 Å². The highest BCUT2D eigenvalue weighted by atomic mass is 32.1. The van der Waals surface area contributed by atoms with Crippen LogP contribution in [0.25, 0.3) is 20.2 Å². The quantitative estimate of drug-likeness (QED) is 0.745. The molecule has 25 heavy (non-hydrogen) atoms. The fourth-order valence-corrected chi connectivity index (χ4v) is 4.76. The van der Waals surface area contributed by atoms with Gasteiger partial charge in [0.25, 0.3) is 0 Å². The molecular weight excluding hydrogens is 328 g/mol. The van der Waals surface area contributed by atoms with Crippen LogP contribution in [0.3, 0.4) is 0 Å². The molecular formula is C21H24N2OS. The van der Waals surface area contributed by atoms with Gasteiger partial charge >= 0.3 is 0 Å². The maximum absolute atomic E-state index is 12.2. The summed E-state index contributed by atoms with van der Waals surface area (Å²) in [6.45, 7) is 4.95. The van der Waals surface area contributed by atoms with Gasteiger partial charge in [0, 0.05) is 33.6 Å². The minimum atomic E-state index is -0.299. The van der Waals surface area contributed by atoms with Crippen molar-refractivity contribution in [3.63, 3.8) is 0 Å². The average Bonchev–Trinajstić information content (AvgIpc) is 2.96. The highest BCUT2D eigenvalue weighted by molar-refractivity contribution is 7.25. The van der Waals surface area contributed by atoms with Crippen LogP contribution in [0.2, 0.25) is 0 Å². The summed E-state index contributed by atoms with van der Waals surface area (Å²) in [4.78, 5) is 14.0. The van der Waals surface area contributed by atoms with Gasteiger partial charge in [-0.1, -0.05) is 25.5 Å². The number of carbonyl (C=O) groups is 1. The summed E-state index contributed by atoms with van der Waals surface area (Å²) in [5, 5.41) is 6.19. The molecule has 0 spiro atoms. The van der Waals surface area contributed by atoms with Crippen molar-refractivity contribution in [2.45, 2.75) is 38.6 Å². The molecule has 1 amide bonds. The second-order valence-corrected chi connectivity index (χ2v) is 8.41. The Labute approximate surface area is 152 Å². The van der Waals surface area contributed by atoms with Crippen LogP contribution >= 0.6 is 11.3 Å². The third-order valence-electron chi connectivity index (χ3n) is 5.35. The third kappa shape index (κ3) is 2.83. The van der Waals surface area contributed by atoms with Crippen LogP contribution in [0, 0.1) is 0 Å². The van der Waals surface area contributed by atoms with Gasteiger partial charge in [-0.05, 0) is 48.7 Å². The highest BCUT2D eigenvalue weighted by Crippen LogP contribution is 2.38. The van der Waals surface area contributed by atoms with Gasteiger partial charge in [0.2, 0.25) is 5.91 Å². The number of benzene rings is 2. The van der Waals surface area contributed by atoms with Crippen molar-refractivity contribution in [2.24, 2.45) is 0 Å². The first-order valence-corrected chi connectivity index (χ1v) is 9.76. The number of nitrogens with one attached hydrogen (secondary N) is 1. The van der Waals surface area contributed by atoms with Crippen LogP contribution in [0.15, 0.2) is 36.4 Å². The number of amides is 1. The number of thiophene rings is 1. The zero-order valence-electron chi connectivity index (χ0n) is 15.1. The van der Waals surface area contributed by atoms with Crippen LogP contribution in [-0.2, 0) is 16.8 Å². The summed E-state index contributed by atoms with van der Waals surface area (Å²) in [5.41, 5.74) is 2.30. The first kappa shape index (κ1) is 16.6. The van der Waals surface area contributed by atoms with E-state index in [9.17, 15) is 4.79 Å². The van der Waals surface area contributed by atoms with Crippen molar-refractivity contribution in [1.29, 1.82) is 0 Å². The van der Waals surface area contributed by atoms with E-state index >= 15 is 0 Å². The van der Waals surface area contributed by atoms with Crippen LogP contribution in [0.5, 0.6) is 0 Å². The molecule has 4 heteroatoms. The van der Waals surface area contributed by atoms with Crippen molar-refractivity contribution in [3.8, 4) is 0 Å². The Kier molecular flexibility index (Phi) is 4.05. The molecule has 1 aliphatic heterocycles. The van der Waals surface area contributed by atoms with Gasteiger partial charge in [-0.2, -0.15) is 0 Å². The summed E-state index contributed by atoms with van der Waals surface area (Å²) in [5.74, 6) is 0.196. The molecule has 1 unspecified atom stereocenters. The van der Waals surface area contributed by atoms with E-state index in [4.69, 9.17) is 0 Å². The molecule has 1 fully saturated rings. The van der Waals surface area contributed by atoms with E-state index < -0.39 is 0 Å². The number of hydrogen-bond donors (Lipinski definition) is 1. The molecule has 3 aromatic rings. The summed E-state index contributed by atoms with van der Waals surface area (Å²) in [6, 6.07) is 13.5. The van der Waals surface area contributed by atoms with Crippen molar-refractivity contribution >= 4 is 37.4 Å². The second kappa shape index (κ2) is 6.11. The Morgan fingerprint density at radius 3 is 2.60 bits per heavy atom. The maximum Gasteiger partial charge on any atom is 0.225 e. The molecule has 2 heterocycles. The van der Waals surface area contributed by atoms with E-state index in [1.807, 2.05) is 18.4 Å². The zero-order valence-corrected chi connectivity index (χ0v) is 15.9. The second-order valence-electron chi connectivity index (χ2n) is 7.33. The van der Waals surface area contributed by atoms with Crippen molar-refractivity contribution < 1.29 is 4.79 Å². The Morgan fingerprint density at radius 1 is 1.16 bits per heavy atom. The van der Waals surface area contributed by atoms with E-state index in [1.54, 1.807) is 4.90 Å². The summed E-state index contributed by atoms with van der Waals surface area (Å²) >= 11 is 1.85. The van der Waals surface area contributed by atoms with Gasteiger partial charge in [0.15, 0.2) is 0 Å². The fourth-order valence-electron chi connectivity index (χ4n) is 3.70. The lowest BCUT2D eigenvalue weighted by Gasteiger charge is -2.39. The molecule has 1 aliphatic rings. The maximum atomic E-state index is 12.2. The lowest BCUT2D eigenvalue weighted by molar-refractivity contribution is -0.135. The number of hydrogen-bond acceptors (Lipinski definition) is 3. The molecule has 3 nitrogen and oxygen atoms in total. The van der Waals surface area contributed by atoms with E-state index in [0.29, 0.717) is 13.1 Å². The Hall–Kier alpha value is -1.91. The van der Waals surface area contributed by atoms with Crippen LogP contribution in [-0.4, -0.2) is 24.5 Å². The molecule has 4 rings (SSSR count). The molecule has 2 aromatic carbocycles. The third-order valence-corrected chi connectivity index (χ3v) is 6.50. The number of aryl methyl sites for hydroxylation is 1. The smallest absolute Gasteiger partial charge is 0.225 e. The molecule has 1 N–H and O–H groups in total. The number of fused-ring (bicyclic) bond motifs is 3. The van der Waals surface area contributed by atoms with Gasteiger partial charge in [0.05, 0.1) is 12.2 Å². The Morgan fingerprint density at radius 2 is 1.88 bits per heavy atom. The molecule has 0 saturated carbocycles. The van der Waals surface area contributed by atoms with Crippen molar-refractivity contribution in [3.05, 3.63) is 47.5 Å². The SMILES string of the molecule is CCCc1ccc2sc3ccc(C4(C)CC(=O)N(C)CN4)cc3c2c1. The molecule has 0 radical (unpaired) electrons. The molecule has 1 atom stereocenters. The van der Waals surface area contributed by atoms with Gasteiger partial charge in [-0.15, -0.1) is 11.3 Å². The minimum absolute atomic E-state index is 0.196. The normalized spacial score (nSPS) is 21.4. The topological polar surface area (TPSA) is 32.3 Å². The Bertz CT molecular complexity index is 961. The largest absolute Gasteiger partial charge is 0.333 e. The van der Waals surface area contributed by atoms with Crippen molar-refractivity contribution in [2.75, 3.05) is 13.7 Å². The molecule has 0 aliphatic carbocycles. The van der Waals surface area contributed by atoms with E-state index in [0.717, 1.165) is 12.8 Å². The van der Waals surface area contributed by atoms with Crippen LogP contribution in [0.4, 0.5) is 0 Å². The standard InChI is InChI=1S/C21H24N2OS/c1-4-5-14-6-8-18-16(10-14)17-11-15(7-9-19(17)25-18)21(2)12-20(24)23(3)13-22-21/h6-11,22H,4-5,12-13H2,1-3H3. The average molecular weight is 353 g/mol. The predicted molar refractivity (Wildman–Crippen MR) is 106 cm³/mol. The molecule has 1 aromatic heterocycles. The first-order valence-electron chi connectivity index (χ1n) is 8.95. The van der Waals surface area contributed by atoms with Crippen LogP contribution in [0.1, 0.15) is 37.8 Å². The fraction of sp³-hybridized carbons (Fsp3) is 0.381. The first-order chi connectivity index (χ1) is 12.0. The number of carbonyl (C=O) groups excluding carboxylic acids is 1. The summed E-state index contributed by atoms with van der Waals surface area (Å²) in [6.07, 6.45) is 2.78. The van der Waals surface area contributed by atoms with Crippen molar-refractivity contribution in [1.82, 2.24) is 10.2 Å². The lowest BCUT2D eigenvalue weighted by atomic mass is 9.86.